The summed E-state index contributed by atoms with van der Waals surface area (Å²) in [6.45, 7) is 1.80. The first-order valence-electron chi connectivity index (χ1n) is 5.42. The van der Waals surface area contributed by atoms with E-state index in [9.17, 15) is 5.11 Å². The molecule has 0 fully saturated rings. The van der Waals surface area contributed by atoms with Gasteiger partial charge in [0.1, 0.15) is 18.0 Å². The van der Waals surface area contributed by atoms with Gasteiger partial charge in [-0.2, -0.15) is 0 Å². The Balaban J connectivity index is 2.05. The van der Waals surface area contributed by atoms with Crippen LogP contribution in [0.25, 0.3) is 0 Å². The third-order valence-corrected chi connectivity index (χ3v) is 3.99. The van der Waals surface area contributed by atoms with Crippen molar-refractivity contribution in [1.29, 1.82) is 0 Å². The van der Waals surface area contributed by atoms with E-state index in [0.29, 0.717) is 15.1 Å². The highest BCUT2D eigenvalue weighted by atomic mass is 35.5. The predicted molar refractivity (Wildman–Crippen MR) is 75.8 cm³/mol. The van der Waals surface area contributed by atoms with Crippen LogP contribution >= 0.6 is 34.5 Å². The molecule has 1 heterocycles. The van der Waals surface area contributed by atoms with Gasteiger partial charge in [0, 0.05) is 9.90 Å². The van der Waals surface area contributed by atoms with Crippen molar-refractivity contribution >= 4 is 34.5 Å². The standard InChI is InChI=1S/C13H12Cl2O2S/c1-8(13(16)11-5-6-12(15)18-11)17-10-4-2-3-9(14)7-10/h2-8,13,16H,1H3. The van der Waals surface area contributed by atoms with Crippen molar-refractivity contribution in [2.45, 2.75) is 19.1 Å². The molecule has 96 valence electrons. The molecule has 2 aromatic rings. The Morgan fingerprint density at radius 1 is 1.22 bits per heavy atom. The second-order valence-corrected chi connectivity index (χ2v) is 6.05. The fraction of sp³-hybridized carbons (Fsp3) is 0.231. The molecule has 0 saturated carbocycles. The molecule has 0 bridgehead atoms. The van der Waals surface area contributed by atoms with E-state index in [1.165, 1.54) is 11.3 Å². The average molecular weight is 303 g/mol. The molecule has 0 radical (unpaired) electrons. The minimum atomic E-state index is -0.707. The molecule has 2 rings (SSSR count). The summed E-state index contributed by atoms with van der Waals surface area (Å²) in [6, 6.07) is 10.7. The minimum Gasteiger partial charge on any atom is -0.488 e. The van der Waals surface area contributed by atoms with E-state index in [1.807, 2.05) is 0 Å². The van der Waals surface area contributed by atoms with Crippen LogP contribution in [-0.4, -0.2) is 11.2 Å². The quantitative estimate of drug-likeness (QED) is 0.897. The fourth-order valence-electron chi connectivity index (χ4n) is 1.54. The first-order valence-corrected chi connectivity index (χ1v) is 6.99. The first kappa shape index (κ1) is 13.7. The molecule has 0 aliphatic rings. The lowest BCUT2D eigenvalue weighted by atomic mass is 10.2. The van der Waals surface area contributed by atoms with E-state index in [0.717, 1.165) is 4.88 Å². The van der Waals surface area contributed by atoms with Crippen LogP contribution in [0.3, 0.4) is 0 Å². The fourth-order valence-corrected chi connectivity index (χ4v) is 2.86. The number of halogens is 2. The average Bonchev–Trinajstić information content (AvgIpc) is 2.75. The molecule has 2 nitrogen and oxygen atoms in total. The summed E-state index contributed by atoms with van der Waals surface area (Å²) in [6.07, 6.45) is -1.08. The normalized spacial score (nSPS) is 14.2. The van der Waals surface area contributed by atoms with Crippen LogP contribution in [0.15, 0.2) is 36.4 Å². The van der Waals surface area contributed by atoms with Crippen LogP contribution < -0.4 is 4.74 Å². The number of hydrogen-bond acceptors (Lipinski definition) is 3. The van der Waals surface area contributed by atoms with Gasteiger partial charge in [0.05, 0.1) is 4.34 Å². The monoisotopic (exact) mass is 302 g/mol. The van der Waals surface area contributed by atoms with Crippen LogP contribution in [0.4, 0.5) is 0 Å². The zero-order valence-corrected chi connectivity index (χ0v) is 12.0. The van der Waals surface area contributed by atoms with Gasteiger partial charge >= 0.3 is 0 Å². The molecule has 2 unspecified atom stereocenters. The molecule has 0 aliphatic heterocycles. The van der Waals surface area contributed by atoms with Gasteiger partial charge in [-0.1, -0.05) is 29.3 Å². The number of thiophene rings is 1. The van der Waals surface area contributed by atoms with Crippen LogP contribution in [0.5, 0.6) is 5.75 Å². The molecular formula is C13H12Cl2O2S. The molecule has 0 spiro atoms. The lowest BCUT2D eigenvalue weighted by Gasteiger charge is -2.19. The highest BCUT2D eigenvalue weighted by Crippen LogP contribution is 2.30. The highest BCUT2D eigenvalue weighted by Gasteiger charge is 2.19. The van der Waals surface area contributed by atoms with Gasteiger partial charge in [-0.25, -0.2) is 0 Å². The number of aliphatic hydroxyl groups is 1. The van der Waals surface area contributed by atoms with Crippen molar-refractivity contribution in [3.05, 3.63) is 50.6 Å². The predicted octanol–water partition coefficient (Wildman–Crippen LogP) is 4.56. The van der Waals surface area contributed by atoms with Crippen LogP contribution in [0.1, 0.15) is 17.9 Å². The molecule has 2 atom stereocenters. The smallest absolute Gasteiger partial charge is 0.127 e. The summed E-state index contributed by atoms with van der Waals surface area (Å²) >= 11 is 13.1. The van der Waals surface area contributed by atoms with E-state index < -0.39 is 6.10 Å². The van der Waals surface area contributed by atoms with Gasteiger partial charge in [-0.05, 0) is 37.3 Å². The van der Waals surface area contributed by atoms with Crippen molar-refractivity contribution in [2.75, 3.05) is 0 Å². The zero-order chi connectivity index (χ0) is 13.1. The Bertz CT molecular complexity index is 527. The number of ether oxygens (including phenoxy) is 1. The van der Waals surface area contributed by atoms with Gasteiger partial charge in [-0.3, -0.25) is 0 Å². The first-order chi connectivity index (χ1) is 8.56. The summed E-state index contributed by atoms with van der Waals surface area (Å²) in [5.74, 6) is 0.636. The summed E-state index contributed by atoms with van der Waals surface area (Å²) < 4.78 is 6.30. The van der Waals surface area contributed by atoms with Crippen molar-refractivity contribution in [1.82, 2.24) is 0 Å². The summed E-state index contributed by atoms with van der Waals surface area (Å²) in [5.41, 5.74) is 0. The summed E-state index contributed by atoms with van der Waals surface area (Å²) in [4.78, 5) is 0.787. The molecule has 1 aromatic heterocycles. The van der Waals surface area contributed by atoms with Gasteiger partial charge in [0.25, 0.3) is 0 Å². The Morgan fingerprint density at radius 2 is 2.00 bits per heavy atom. The summed E-state index contributed by atoms with van der Waals surface area (Å²) in [5, 5.41) is 10.7. The van der Waals surface area contributed by atoms with Gasteiger partial charge in [-0.15, -0.1) is 11.3 Å². The van der Waals surface area contributed by atoms with Crippen molar-refractivity contribution in [3.63, 3.8) is 0 Å². The Labute approximate surface area is 120 Å². The van der Waals surface area contributed by atoms with Crippen molar-refractivity contribution in [2.24, 2.45) is 0 Å². The Hall–Kier alpha value is -0.740. The van der Waals surface area contributed by atoms with Gasteiger partial charge < -0.3 is 9.84 Å². The Kier molecular flexibility index (Phi) is 4.51. The molecule has 1 N–H and O–H groups in total. The minimum absolute atomic E-state index is 0.377. The van der Waals surface area contributed by atoms with Crippen molar-refractivity contribution in [3.8, 4) is 5.75 Å². The molecule has 5 heteroatoms. The maximum Gasteiger partial charge on any atom is 0.127 e. The molecular weight excluding hydrogens is 291 g/mol. The molecule has 0 amide bonds. The number of aliphatic hydroxyl groups excluding tert-OH is 1. The van der Waals surface area contributed by atoms with E-state index in [1.54, 1.807) is 43.3 Å². The number of hydrogen-bond donors (Lipinski definition) is 1. The van der Waals surface area contributed by atoms with Crippen LogP contribution in [0, 0.1) is 0 Å². The lowest BCUT2D eigenvalue weighted by Crippen LogP contribution is -2.20. The van der Waals surface area contributed by atoms with E-state index in [4.69, 9.17) is 27.9 Å². The Morgan fingerprint density at radius 3 is 2.61 bits per heavy atom. The largest absolute Gasteiger partial charge is 0.488 e. The number of rotatable bonds is 4. The molecule has 1 aromatic carbocycles. The van der Waals surface area contributed by atoms with Gasteiger partial charge in [0.2, 0.25) is 0 Å². The van der Waals surface area contributed by atoms with Crippen LogP contribution in [0.2, 0.25) is 9.36 Å². The maximum absolute atomic E-state index is 10.1. The van der Waals surface area contributed by atoms with E-state index >= 15 is 0 Å². The third kappa shape index (κ3) is 3.39. The molecule has 0 aliphatic carbocycles. The van der Waals surface area contributed by atoms with Gasteiger partial charge in [0.15, 0.2) is 0 Å². The SMILES string of the molecule is CC(Oc1cccc(Cl)c1)C(O)c1ccc(Cl)s1. The zero-order valence-electron chi connectivity index (χ0n) is 9.64. The van der Waals surface area contributed by atoms with Crippen molar-refractivity contribution < 1.29 is 9.84 Å². The second kappa shape index (κ2) is 5.93. The summed E-state index contributed by atoms with van der Waals surface area (Å²) in [7, 11) is 0. The topological polar surface area (TPSA) is 29.5 Å². The lowest BCUT2D eigenvalue weighted by molar-refractivity contribution is 0.0492. The molecule has 0 saturated heterocycles. The highest BCUT2D eigenvalue weighted by molar-refractivity contribution is 7.16. The third-order valence-electron chi connectivity index (χ3n) is 2.45. The second-order valence-electron chi connectivity index (χ2n) is 3.87. The number of benzene rings is 1. The van der Waals surface area contributed by atoms with Crippen LogP contribution in [-0.2, 0) is 0 Å². The molecule has 18 heavy (non-hydrogen) atoms. The van der Waals surface area contributed by atoms with E-state index in [-0.39, 0.29) is 6.10 Å². The van der Waals surface area contributed by atoms with E-state index in [2.05, 4.69) is 0 Å². The maximum atomic E-state index is 10.1.